The third kappa shape index (κ3) is 5.49. The molecule has 0 spiro atoms. The van der Waals surface area contributed by atoms with Crippen LogP contribution in [0.3, 0.4) is 0 Å². The van der Waals surface area contributed by atoms with Crippen LogP contribution in [0, 0.1) is 0 Å². The average Bonchev–Trinajstić information content (AvgIpc) is 2.16. The zero-order valence-electron chi connectivity index (χ0n) is 9.31. The van der Waals surface area contributed by atoms with Gasteiger partial charge < -0.3 is 10.5 Å². The summed E-state index contributed by atoms with van der Waals surface area (Å²) in [5.41, 5.74) is 5.54. The molecule has 0 aliphatic carbocycles. The lowest BCUT2D eigenvalue weighted by atomic mass is 10.1. The van der Waals surface area contributed by atoms with Crippen LogP contribution >= 0.6 is 0 Å². The van der Waals surface area contributed by atoms with Crippen LogP contribution in [0.25, 0.3) is 0 Å². The Kier molecular flexibility index (Phi) is 5.02. The Hall–Kier alpha value is -0.130. The van der Waals surface area contributed by atoms with E-state index in [-0.39, 0.29) is 23.7 Å². The van der Waals surface area contributed by atoms with Crippen LogP contribution < -0.4 is 5.73 Å². The Morgan fingerprint density at radius 1 is 1.47 bits per heavy atom. The van der Waals surface area contributed by atoms with Gasteiger partial charge in [0.2, 0.25) is 0 Å². The SMILES string of the molecule is CC(N)CCS(=O)(=O)CC1CCCCO1. The second kappa shape index (κ2) is 5.82. The molecule has 1 saturated heterocycles. The second-order valence-corrected chi connectivity index (χ2v) is 6.60. The topological polar surface area (TPSA) is 69.4 Å². The van der Waals surface area contributed by atoms with Crippen LogP contribution in [-0.4, -0.2) is 38.7 Å². The second-order valence-electron chi connectivity index (χ2n) is 4.37. The van der Waals surface area contributed by atoms with Crippen LogP contribution in [0.2, 0.25) is 0 Å². The molecule has 90 valence electrons. The van der Waals surface area contributed by atoms with Crippen molar-refractivity contribution in [3.63, 3.8) is 0 Å². The summed E-state index contributed by atoms with van der Waals surface area (Å²) >= 11 is 0. The summed E-state index contributed by atoms with van der Waals surface area (Å²) in [5.74, 6) is 0.351. The molecule has 15 heavy (non-hydrogen) atoms. The third-order valence-electron chi connectivity index (χ3n) is 2.60. The Morgan fingerprint density at radius 3 is 2.73 bits per heavy atom. The summed E-state index contributed by atoms with van der Waals surface area (Å²) in [4.78, 5) is 0. The molecule has 2 unspecified atom stereocenters. The summed E-state index contributed by atoms with van der Waals surface area (Å²) in [6, 6.07) is -0.0490. The maximum atomic E-state index is 11.7. The quantitative estimate of drug-likeness (QED) is 0.762. The fourth-order valence-corrected chi connectivity index (χ4v) is 3.40. The van der Waals surface area contributed by atoms with Crippen molar-refractivity contribution in [3.8, 4) is 0 Å². The Morgan fingerprint density at radius 2 is 2.20 bits per heavy atom. The number of sulfone groups is 1. The van der Waals surface area contributed by atoms with Crippen molar-refractivity contribution in [2.75, 3.05) is 18.1 Å². The van der Waals surface area contributed by atoms with E-state index < -0.39 is 9.84 Å². The highest BCUT2D eigenvalue weighted by Gasteiger charge is 2.21. The summed E-state index contributed by atoms with van der Waals surface area (Å²) in [5, 5.41) is 0. The molecule has 1 heterocycles. The zero-order valence-corrected chi connectivity index (χ0v) is 10.1. The predicted molar refractivity (Wildman–Crippen MR) is 60.5 cm³/mol. The van der Waals surface area contributed by atoms with Crippen molar-refractivity contribution in [1.29, 1.82) is 0 Å². The minimum absolute atomic E-state index is 0.0490. The van der Waals surface area contributed by atoms with Crippen molar-refractivity contribution in [2.45, 2.75) is 44.8 Å². The van der Waals surface area contributed by atoms with E-state index in [9.17, 15) is 8.42 Å². The molecule has 4 nitrogen and oxygen atoms in total. The van der Waals surface area contributed by atoms with Crippen molar-refractivity contribution in [1.82, 2.24) is 0 Å². The molecule has 0 bridgehead atoms. The molecule has 1 rings (SSSR count). The smallest absolute Gasteiger partial charge is 0.152 e. The van der Waals surface area contributed by atoms with E-state index in [1.54, 1.807) is 0 Å². The Labute approximate surface area is 92.1 Å². The molecule has 1 fully saturated rings. The van der Waals surface area contributed by atoms with Gasteiger partial charge in [-0.05, 0) is 32.6 Å². The minimum Gasteiger partial charge on any atom is -0.377 e. The van der Waals surface area contributed by atoms with Crippen LogP contribution in [0.1, 0.15) is 32.6 Å². The maximum absolute atomic E-state index is 11.7. The molecule has 0 aromatic rings. The molecule has 0 aromatic heterocycles. The van der Waals surface area contributed by atoms with Crippen LogP contribution in [0.4, 0.5) is 0 Å². The van der Waals surface area contributed by atoms with Gasteiger partial charge in [0.1, 0.15) is 0 Å². The summed E-state index contributed by atoms with van der Waals surface area (Å²) in [7, 11) is -2.98. The predicted octanol–water partition coefficient (Wildman–Crippen LogP) is 0.708. The van der Waals surface area contributed by atoms with Gasteiger partial charge in [-0.15, -0.1) is 0 Å². The van der Waals surface area contributed by atoms with E-state index in [0.717, 1.165) is 19.3 Å². The first-order valence-corrected chi connectivity index (χ1v) is 7.39. The molecule has 2 atom stereocenters. The Balaban J connectivity index is 2.34. The van der Waals surface area contributed by atoms with Crippen LogP contribution in [0.15, 0.2) is 0 Å². The lowest BCUT2D eigenvalue weighted by Gasteiger charge is -2.22. The number of nitrogens with two attached hydrogens (primary N) is 1. The number of rotatable bonds is 5. The number of hydrogen-bond acceptors (Lipinski definition) is 4. The van der Waals surface area contributed by atoms with Crippen LogP contribution in [0.5, 0.6) is 0 Å². The lowest BCUT2D eigenvalue weighted by molar-refractivity contribution is 0.0305. The molecule has 1 aliphatic rings. The monoisotopic (exact) mass is 235 g/mol. The minimum atomic E-state index is -2.98. The van der Waals surface area contributed by atoms with Gasteiger partial charge in [-0.1, -0.05) is 0 Å². The van der Waals surface area contributed by atoms with Crippen molar-refractivity contribution < 1.29 is 13.2 Å². The molecule has 2 N–H and O–H groups in total. The fraction of sp³-hybridized carbons (Fsp3) is 1.00. The van der Waals surface area contributed by atoms with Crippen molar-refractivity contribution >= 4 is 9.84 Å². The normalized spacial score (nSPS) is 25.1. The highest BCUT2D eigenvalue weighted by atomic mass is 32.2. The first-order chi connectivity index (χ1) is 6.99. The molecule has 0 aromatic carbocycles. The summed E-state index contributed by atoms with van der Waals surface area (Å²) in [6.45, 7) is 2.53. The first-order valence-electron chi connectivity index (χ1n) is 5.57. The standard InChI is InChI=1S/C10H21NO3S/c1-9(11)5-7-15(12,13)8-10-4-2-3-6-14-10/h9-10H,2-8,11H2,1H3. The third-order valence-corrected chi connectivity index (χ3v) is 4.34. The summed E-state index contributed by atoms with van der Waals surface area (Å²) in [6.07, 6.45) is 3.45. The molecule has 1 aliphatic heterocycles. The first kappa shape index (κ1) is 12.9. The molecule has 0 radical (unpaired) electrons. The van der Waals surface area contributed by atoms with Gasteiger partial charge in [-0.2, -0.15) is 0 Å². The van der Waals surface area contributed by atoms with Gasteiger partial charge in [-0.25, -0.2) is 8.42 Å². The summed E-state index contributed by atoms with van der Waals surface area (Å²) < 4.78 is 28.7. The van der Waals surface area contributed by atoms with E-state index in [1.165, 1.54) is 0 Å². The molecular formula is C10H21NO3S. The van der Waals surface area contributed by atoms with Crippen LogP contribution in [-0.2, 0) is 14.6 Å². The zero-order chi connectivity index (χ0) is 11.3. The highest BCUT2D eigenvalue weighted by molar-refractivity contribution is 7.91. The highest BCUT2D eigenvalue weighted by Crippen LogP contribution is 2.15. The maximum Gasteiger partial charge on any atom is 0.152 e. The lowest BCUT2D eigenvalue weighted by Crippen LogP contribution is -2.30. The van der Waals surface area contributed by atoms with E-state index in [4.69, 9.17) is 10.5 Å². The molecule has 0 saturated carbocycles. The fourth-order valence-electron chi connectivity index (χ4n) is 1.67. The van der Waals surface area contributed by atoms with Gasteiger partial charge in [0.05, 0.1) is 17.6 Å². The largest absolute Gasteiger partial charge is 0.377 e. The van der Waals surface area contributed by atoms with Gasteiger partial charge in [-0.3, -0.25) is 0 Å². The van der Waals surface area contributed by atoms with Gasteiger partial charge in [0.25, 0.3) is 0 Å². The number of ether oxygens (including phenoxy) is 1. The van der Waals surface area contributed by atoms with Gasteiger partial charge in [0.15, 0.2) is 9.84 Å². The number of hydrogen-bond donors (Lipinski definition) is 1. The van der Waals surface area contributed by atoms with Gasteiger partial charge >= 0.3 is 0 Å². The van der Waals surface area contributed by atoms with E-state index in [0.29, 0.717) is 13.0 Å². The van der Waals surface area contributed by atoms with Crippen molar-refractivity contribution in [3.05, 3.63) is 0 Å². The molecular weight excluding hydrogens is 214 g/mol. The van der Waals surface area contributed by atoms with E-state index in [1.807, 2.05) is 6.92 Å². The van der Waals surface area contributed by atoms with E-state index in [2.05, 4.69) is 0 Å². The molecule has 5 heteroatoms. The van der Waals surface area contributed by atoms with Gasteiger partial charge in [0, 0.05) is 12.6 Å². The molecule has 0 amide bonds. The van der Waals surface area contributed by atoms with Crippen molar-refractivity contribution in [2.24, 2.45) is 5.73 Å². The Bertz CT molecular complexity index is 268. The average molecular weight is 235 g/mol. The van der Waals surface area contributed by atoms with E-state index >= 15 is 0 Å².